The van der Waals surface area contributed by atoms with Crippen molar-refractivity contribution in [2.75, 3.05) is 0 Å². The van der Waals surface area contributed by atoms with Crippen molar-refractivity contribution in [3.05, 3.63) is 35.4 Å². The molecule has 0 saturated heterocycles. The smallest absolute Gasteiger partial charge is 0.129 e. The van der Waals surface area contributed by atoms with E-state index in [1.165, 1.54) is 18.2 Å². The van der Waals surface area contributed by atoms with Crippen LogP contribution in [0.5, 0.6) is 0 Å². The second kappa shape index (κ2) is 6.47. The summed E-state index contributed by atoms with van der Waals surface area (Å²) in [6.45, 7) is 8.70. The number of benzene rings is 1. The Morgan fingerprint density at radius 3 is 2.16 bits per heavy atom. The zero-order valence-electron chi connectivity index (χ0n) is 12.3. The molecule has 2 unspecified atom stereocenters. The molecule has 1 rings (SSSR count). The molecule has 0 bridgehead atoms. The van der Waals surface area contributed by atoms with Gasteiger partial charge in [0, 0.05) is 11.6 Å². The minimum absolute atomic E-state index is 0.109. The van der Waals surface area contributed by atoms with E-state index in [1.807, 2.05) is 0 Å². The molecule has 0 radical (unpaired) electrons. The lowest BCUT2D eigenvalue weighted by molar-refractivity contribution is 0.284. The van der Waals surface area contributed by atoms with Crippen molar-refractivity contribution in [1.82, 2.24) is 0 Å². The van der Waals surface area contributed by atoms with Crippen LogP contribution in [0.3, 0.4) is 0 Å². The molecule has 0 saturated carbocycles. The summed E-state index contributed by atoms with van der Waals surface area (Å²) >= 11 is 0. The van der Waals surface area contributed by atoms with Crippen LogP contribution in [0.1, 0.15) is 46.1 Å². The minimum Gasteiger partial charge on any atom is -0.327 e. The fourth-order valence-electron chi connectivity index (χ4n) is 2.72. The summed E-state index contributed by atoms with van der Waals surface area (Å²) in [5.41, 5.74) is 6.39. The molecule has 0 spiro atoms. The predicted octanol–water partition coefficient (Wildman–Crippen LogP) is 4.30. The van der Waals surface area contributed by atoms with Crippen molar-refractivity contribution in [2.45, 2.75) is 53.0 Å². The van der Waals surface area contributed by atoms with E-state index in [4.69, 9.17) is 5.73 Å². The molecule has 2 N–H and O–H groups in total. The highest BCUT2D eigenvalue weighted by Crippen LogP contribution is 2.27. The minimum atomic E-state index is -0.501. The van der Waals surface area contributed by atoms with E-state index in [1.54, 1.807) is 0 Å². The summed E-state index contributed by atoms with van der Waals surface area (Å²) in [4.78, 5) is 0. The van der Waals surface area contributed by atoms with Crippen LogP contribution in [0.2, 0.25) is 0 Å². The Morgan fingerprint density at radius 2 is 1.68 bits per heavy atom. The van der Waals surface area contributed by atoms with E-state index in [0.29, 0.717) is 5.92 Å². The number of nitrogens with two attached hydrogens (primary N) is 1. The number of halogens is 2. The highest BCUT2D eigenvalue weighted by molar-refractivity contribution is 5.20. The first-order valence-corrected chi connectivity index (χ1v) is 6.87. The van der Waals surface area contributed by atoms with Gasteiger partial charge in [0.15, 0.2) is 0 Å². The fraction of sp³-hybridized carbons (Fsp3) is 0.625. The third kappa shape index (κ3) is 5.68. The van der Waals surface area contributed by atoms with Gasteiger partial charge in [-0.05, 0) is 42.7 Å². The van der Waals surface area contributed by atoms with Crippen molar-refractivity contribution in [1.29, 1.82) is 0 Å². The molecule has 1 aromatic rings. The van der Waals surface area contributed by atoms with Crippen LogP contribution in [0, 0.1) is 23.0 Å². The Kier molecular flexibility index (Phi) is 5.48. The Hall–Kier alpha value is -0.960. The molecule has 0 aromatic heterocycles. The molecule has 0 aliphatic heterocycles. The number of hydrogen-bond acceptors (Lipinski definition) is 1. The molecule has 1 nitrogen and oxygen atoms in total. The van der Waals surface area contributed by atoms with Crippen LogP contribution in [0.4, 0.5) is 8.78 Å². The standard InChI is InChI=1S/C16H25F2N/c1-11(10-16(2,3)4)8-12(19)9-13-14(17)6-5-7-15(13)18/h5-7,11-12H,8-10,19H2,1-4H3. The third-order valence-corrected chi connectivity index (χ3v) is 3.19. The SMILES string of the molecule is CC(CC(N)Cc1c(F)cccc1F)CC(C)(C)C. The molecule has 19 heavy (non-hydrogen) atoms. The van der Waals surface area contributed by atoms with Gasteiger partial charge in [0.05, 0.1) is 0 Å². The highest BCUT2D eigenvalue weighted by Gasteiger charge is 2.19. The summed E-state index contributed by atoms with van der Waals surface area (Å²) in [6.07, 6.45) is 2.10. The molecule has 0 aliphatic carbocycles. The molecule has 0 heterocycles. The van der Waals surface area contributed by atoms with Gasteiger partial charge in [0.1, 0.15) is 11.6 Å². The van der Waals surface area contributed by atoms with Crippen molar-refractivity contribution >= 4 is 0 Å². The Labute approximate surface area is 115 Å². The van der Waals surface area contributed by atoms with E-state index in [0.717, 1.165) is 12.8 Å². The Morgan fingerprint density at radius 1 is 1.16 bits per heavy atom. The van der Waals surface area contributed by atoms with Crippen LogP contribution >= 0.6 is 0 Å². The normalized spacial score (nSPS) is 15.3. The molecule has 1 aromatic carbocycles. The largest absolute Gasteiger partial charge is 0.327 e. The van der Waals surface area contributed by atoms with E-state index in [2.05, 4.69) is 27.7 Å². The molecule has 108 valence electrons. The zero-order chi connectivity index (χ0) is 14.6. The fourth-order valence-corrected chi connectivity index (χ4v) is 2.72. The third-order valence-electron chi connectivity index (χ3n) is 3.19. The van der Waals surface area contributed by atoms with E-state index in [-0.39, 0.29) is 23.4 Å². The lowest BCUT2D eigenvalue weighted by atomic mass is 9.82. The topological polar surface area (TPSA) is 26.0 Å². The average Bonchev–Trinajstić information content (AvgIpc) is 2.20. The van der Waals surface area contributed by atoms with Crippen LogP contribution in [0.15, 0.2) is 18.2 Å². The van der Waals surface area contributed by atoms with Crippen LogP contribution in [-0.4, -0.2) is 6.04 Å². The van der Waals surface area contributed by atoms with Crippen LogP contribution in [-0.2, 0) is 6.42 Å². The van der Waals surface area contributed by atoms with Gasteiger partial charge in [0.25, 0.3) is 0 Å². The van der Waals surface area contributed by atoms with E-state index < -0.39 is 11.6 Å². The maximum absolute atomic E-state index is 13.5. The first kappa shape index (κ1) is 16.1. The van der Waals surface area contributed by atoms with Gasteiger partial charge in [-0.25, -0.2) is 8.78 Å². The molecule has 0 amide bonds. The lowest BCUT2D eigenvalue weighted by Gasteiger charge is -2.25. The summed E-state index contributed by atoms with van der Waals surface area (Å²) in [7, 11) is 0. The number of hydrogen-bond donors (Lipinski definition) is 1. The maximum atomic E-state index is 13.5. The Balaban J connectivity index is 2.58. The highest BCUT2D eigenvalue weighted by atomic mass is 19.1. The average molecular weight is 269 g/mol. The monoisotopic (exact) mass is 269 g/mol. The summed E-state index contributed by atoms with van der Waals surface area (Å²) in [6, 6.07) is 3.73. The van der Waals surface area contributed by atoms with Gasteiger partial charge in [-0.2, -0.15) is 0 Å². The zero-order valence-corrected chi connectivity index (χ0v) is 12.3. The summed E-state index contributed by atoms with van der Waals surface area (Å²) < 4.78 is 27.0. The quantitative estimate of drug-likeness (QED) is 0.847. The van der Waals surface area contributed by atoms with Gasteiger partial charge < -0.3 is 5.73 Å². The summed E-state index contributed by atoms with van der Waals surface area (Å²) in [5, 5.41) is 0. The van der Waals surface area contributed by atoms with Crippen molar-refractivity contribution in [3.63, 3.8) is 0 Å². The van der Waals surface area contributed by atoms with Gasteiger partial charge >= 0.3 is 0 Å². The van der Waals surface area contributed by atoms with E-state index in [9.17, 15) is 8.78 Å². The second-order valence-corrected chi connectivity index (χ2v) is 6.77. The van der Waals surface area contributed by atoms with Crippen LogP contribution < -0.4 is 5.73 Å². The molecule has 0 aliphatic rings. The first-order valence-electron chi connectivity index (χ1n) is 6.87. The molecule has 0 fully saturated rings. The molecular formula is C16H25F2N. The molecular weight excluding hydrogens is 244 g/mol. The number of rotatable bonds is 5. The van der Waals surface area contributed by atoms with Crippen molar-refractivity contribution < 1.29 is 8.78 Å². The van der Waals surface area contributed by atoms with Gasteiger partial charge in [-0.3, -0.25) is 0 Å². The van der Waals surface area contributed by atoms with Gasteiger partial charge in [0.2, 0.25) is 0 Å². The Bertz CT molecular complexity index is 389. The van der Waals surface area contributed by atoms with Crippen molar-refractivity contribution in [2.24, 2.45) is 17.1 Å². The molecule has 3 heteroatoms. The van der Waals surface area contributed by atoms with Crippen molar-refractivity contribution in [3.8, 4) is 0 Å². The molecule has 2 atom stereocenters. The van der Waals surface area contributed by atoms with Gasteiger partial charge in [-0.15, -0.1) is 0 Å². The maximum Gasteiger partial charge on any atom is 0.129 e. The van der Waals surface area contributed by atoms with E-state index >= 15 is 0 Å². The van der Waals surface area contributed by atoms with Crippen LogP contribution in [0.25, 0.3) is 0 Å². The predicted molar refractivity (Wildman–Crippen MR) is 75.9 cm³/mol. The summed E-state index contributed by atoms with van der Waals surface area (Å²) in [5.74, 6) is -0.553. The second-order valence-electron chi connectivity index (χ2n) is 6.77. The lowest BCUT2D eigenvalue weighted by Crippen LogP contribution is -2.27. The first-order chi connectivity index (χ1) is 8.69. The van der Waals surface area contributed by atoms with Gasteiger partial charge in [-0.1, -0.05) is 33.8 Å².